The summed E-state index contributed by atoms with van der Waals surface area (Å²) in [5.74, 6) is 1.64. The summed E-state index contributed by atoms with van der Waals surface area (Å²) in [4.78, 5) is 18.7. The van der Waals surface area contributed by atoms with Crippen LogP contribution in [-0.4, -0.2) is 34.9 Å². The lowest BCUT2D eigenvalue weighted by Crippen LogP contribution is -2.38. The minimum Gasteiger partial charge on any atom is -0.356 e. The Morgan fingerprint density at radius 3 is 2.67 bits per heavy atom. The van der Waals surface area contributed by atoms with Gasteiger partial charge in [0, 0.05) is 44.0 Å². The van der Waals surface area contributed by atoms with E-state index in [0.717, 1.165) is 49.0 Å². The van der Waals surface area contributed by atoms with Crippen LogP contribution < -0.4 is 10.2 Å². The first-order valence-corrected chi connectivity index (χ1v) is 10.4. The number of hydrogen-bond acceptors (Lipinski definition) is 5. The van der Waals surface area contributed by atoms with Crippen LogP contribution in [0.5, 0.6) is 0 Å². The summed E-state index contributed by atoms with van der Waals surface area (Å²) < 4.78 is 17.5. The molecule has 1 fully saturated rings. The van der Waals surface area contributed by atoms with Crippen molar-refractivity contribution in [3.63, 3.8) is 0 Å². The summed E-state index contributed by atoms with van der Waals surface area (Å²) in [6.45, 7) is 6.77. The molecule has 2 heterocycles. The third-order valence-corrected chi connectivity index (χ3v) is 5.61. The van der Waals surface area contributed by atoms with Crippen molar-refractivity contribution in [2.45, 2.75) is 39.5 Å². The highest BCUT2D eigenvalue weighted by atomic mass is 32.1. The van der Waals surface area contributed by atoms with E-state index >= 15 is 0 Å². The molecule has 0 bridgehead atoms. The van der Waals surface area contributed by atoms with Crippen LogP contribution in [0.4, 0.5) is 9.52 Å². The minimum absolute atomic E-state index is 0.155. The Morgan fingerprint density at radius 1 is 1.30 bits per heavy atom. The van der Waals surface area contributed by atoms with E-state index in [1.165, 1.54) is 23.7 Å². The van der Waals surface area contributed by atoms with E-state index in [4.69, 9.17) is 0 Å². The van der Waals surface area contributed by atoms with Crippen LogP contribution in [0.3, 0.4) is 0 Å². The van der Waals surface area contributed by atoms with Gasteiger partial charge < -0.3 is 10.2 Å². The van der Waals surface area contributed by atoms with Crippen molar-refractivity contribution < 1.29 is 9.18 Å². The van der Waals surface area contributed by atoms with Crippen LogP contribution >= 0.6 is 11.5 Å². The number of rotatable bonds is 7. The Morgan fingerprint density at radius 2 is 2.00 bits per heavy atom. The van der Waals surface area contributed by atoms with Crippen LogP contribution in [-0.2, 0) is 11.2 Å². The predicted octanol–water partition coefficient (Wildman–Crippen LogP) is 3.65. The number of piperidine rings is 1. The Hall–Kier alpha value is -2.02. The fraction of sp³-hybridized carbons (Fsp3) is 0.550. The van der Waals surface area contributed by atoms with E-state index in [1.54, 1.807) is 12.1 Å². The third-order valence-electron chi connectivity index (χ3n) is 4.80. The van der Waals surface area contributed by atoms with E-state index in [-0.39, 0.29) is 11.7 Å². The van der Waals surface area contributed by atoms with E-state index in [1.807, 2.05) is 0 Å². The summed E-state index contributed by atoms with van der Waals surface area (Å²) in [7, 11) is 0. The standard InChI is InChI=1S/C20H27FN4OS/c1-14(2)11-19(26)22-13-16-7-9-25(10-8-16)20-23-18(24-27-20)12-15-3-5-17(21)6-4-15/h3-6,14,16H,7-13H2,1-2H3,(H,22,26). The molecule has 3 rings (SSSR count). The summed E-state index contributed by atoms with van der Waals surface area (Å²) in [5, 5.41) is 4.02. The number of halogens is 1. The summed E-state index contributed by atoms with van der Waals surface area (Å²) in [5.41, 5.74) is 1.01. The van der Waals surface area contributed by atoms with Gasteiger partial charge >= 0.3 is 0 Å². The number of aromatic nitrogens is 2. The molecule has 0 spiro atoms. The zero-order valence-electron chi connectivity index (χ0n) is 15.9. The summed E-state index contributed by atoms with van der Waals surface area (Å²) >= 11 is 1.43. The first-order valence-electron chi connectivity index (χ1n) is 9.58. The summed E-state index contributed by atoms with van der Waals surface area (Å²) in [6.07, 6.45) is 3.32. The van der Waals surface area contributed by atoms with Crippen molar-refractivity contribution in [1.82, 2.24) is 14.7 Å². The SMILES string of the molecule is CC(C)CC(=O)NCC1CCN(c2nc(Cc3ccc(F)cc3)ns2)CC1. The second-order valence-corrected chi connectivity index (χ2v) is 8.36. The van der Waals surface area contributed by atoms with Crippen molar-refractivity contribution in [3.05, 3.63) is 41.5 Å². The molecule has 27 heavy (non-hydrogen) atoms. The lowest BCUT2D eigenvalue weighted by atomic mass is 9.97. The maximum atomic E-state index is 13.0. The molecule has 7 heteroatoms. The van der Waals surface area contributed by atoms with Crippen molar-refractivity contribution in [1.29, 1.82) is 0 Å². The molecule has 0 radical (unpaired) electrons. The molecular weight excluding hydrogens is 363 g/mol. The third kappa shape index (κ3) is 5.99. The van der Waals surface area contributed by atoms with E-state index in [9.17, 15) is 9.18 Å². The average molecular weight is 391 g/mol. The number of carbonyl (C=O) groups is 1. The van der Waals surface area contributed by atoms with Gasteiger partial charge in [-0.05, 0) is 42.4 Å². The molecule has 1 aliphatic rings. The highest BCUT2D eigenvalue weighted by molar-refractivity contribution is 7.09. The fourth-order valence-electron chi connectivity index (χ4n) is 3.26. The maximum Gasteiger partial charge on any atom is 0.220 e. The number of benzene rings is 1. The van der Waals surface area contributed by atoms with Crippen molar-refractivity contribution in [2.24, 2.45) is 11.8 Å². The number of nitrogens with one attached hydrogen (secondary N) is 1. The normalized spacial score (nSPS) is 15.3. The van der Waals surface area contributed by atoms with Crippen LogP contribution in [0.2, 0.25) is 0 Å². The molecular formula is C20H27FN4OS. The molecule has 0 saturated carbocycles. The van der Waals surface area contributed by atoms with Crippen LogP contribution in [0.25, 0.3) is 0 Å². The molecule has 0 aliphatic carbocycles. The zero-order valence-corrected chi connectivity index (χ0v) is 16.8. The molecule has 0 unspecified atom stereocenters. The molecule has 1 aromatic carbocycles. The van der Waals surface area contributed by atoms with Crippen LogP contribution in [0.1, 0.15) is 44.5 Å². The first-order chi connectivity index (χ1) is 13.0. The van der Waals surface area contributed by atoms with E-state index in [0.29, 0.717) is 24.7 Å². The Kier molecular flexibility index (Phi) is 6.77. The van der Waals surface area contributed by atoms with Gasteiger partial charge in [0.2, 0.25) is 11.0 Å². The highest BCUT2D eigenvalue weighted by Crippen LogP contribution is 2.25. The molecule has 146 valence electrons. The van der Waals surface area contributed by atoms with Gasteiger partial charge in [-0.3, -0.25) is 4.79 Å². The summed E-state index contributed by atoms with van der Waals surface area (Å²) in [6, 6.07) is 6.48. The van der Waals surface area contributed by atoms with Gasteiger partial charge in [0.15, 0.2) is 0 Å². The lowest BCUT2D eigenvalue weighted by molar-refractivity contribution is -0.122. The molecule has 2 aromatic rings. The Balaban J connectivity index is 1.45. The fourth-order valence-corrected chi connectivity index (χ4v) is 4.00. The second kappa shape index (κ2) is 9.26. The van der Waals surface area contributed by atoms with Gasteiger partial charge in [0.1, 0.15) is 11.6 Å². The monoisotopic (exact) mass is 390 g/mol. The molecule has 1 saturated heterocycles. The number of nitrogens with zero attached hydrogens (tertiary/aromatic N) is 3. The second-order valence-electron chi connectivity index (χ2n) is 7.63. The highest BCUT2D eigenvalue weighted by Gasteiger charge is 2.22. The molecule has 5 nitrogen and oxygen atoms in total. The molecule has 1 aromatic heterocycles. The van der Waals surface area contributed by atoms with E-state index in [2.05, 4.69) is 33.4 Å². The molecule has 1 aliphatic heterocycles. The topological polar surface area (TPSA) is 58.1 Å². The zero-order chi connectivity index (χ0) is 19.2. The van der Waals surface area contributed by atoms with Crippen molar-refractivity contribution in [2.75, 3.05) is 24.5 Å². The van der Waals surface area contributed by atoms with Gasteiger partial charge in [-0.1, -0.05) is 26.0 Å². The predicted molar refractivity (Wildman–Crippen MR) is 107 cm³/mol. The van der Waals surface area contributed by atoms with Gasteiger partial charge in [0.05, 0.1) is 0 Å². The van der Waals surface area contributed by atoms with E-state index < -0.39 is 0 Å². The number of carbonyl (C=O) groups excluding carboxylic acids is 1. The molecule has 1 N–H and O–H groups in total. The molecule has 1 amide bonds. The number of amides is 1. The largest absolute Gasteiger partial charge is 0.356 e. The van der Waals surface area contributed by atoms with Gasteiger partial charge in [-0.25, -0.2) is 9.37 Å². The average Bonchev–Trinajstić information content (AvgIpc) is 3.10. The minimum atomic E-state index is -0.228. The number of anilines is 1. The lowest BCUT2D eigenvalue weighted by Gasteiger charge is -2.31. The quantitative estimate of drug-likeness (QED) is 0.784. The van der Waals surface area contributed by atoms with Gasteiger partial charge in [-0.2, -0.15) is 4.37 Å². The van der Waals surface area contributed by atoms with Crippen LogP contribution in [0, 0.1) is 17.7 Å². The Labute approximate surface area is 164 Å². The number of hydrogen-bond donors (Lipinski definition) is 1. The van der Waals surface area contributed by atoms with Crippen molar-refractivity contribution in [3.8, 4) is 0 Å². The van der Waals surface area contributed by atoms with Crippen LogP contribution in [0.15, 0.2) is 24.3 Å². The first kappa shape index (κ1) is 19.7. The van der Waals surface area contributed by atoms with Gasteiger partial charge in [-0.15, -0.1) is 0 Å². The molecule has 0 atom stereocenters. The van der Waals surface area contributed by atoms with Crippen molar-refractivity contribution >= 4 is 22.6 Å². The smallest absolute Gasteiger partial charge is 0.220 e. The Bertz CT molecular complexity index is 739. The van der Waals surface area contributed by atoms with Gasteiger partial charge in [0.25, 0.3) is 0 Å². The maximum absolute atomic E-state index is 13.0.